The molecule has 1 amide bonds. The predicted octanol–water partition coefficient (Wildman–Crippen LogP) is 2.15. The smallest absolute Gasteiger partial charge is 0.326 e. The number of aliphatic carboxylic acids is 1. The van der Waals surface area contributed by atoms with Crippen LogP contribution in [0.1, 0.15) is 40.0 Å². The molecule has 128 valence electrons. The first-order valence-corrected chi connectivity index (χ1v) is 10.7. The number of rotatable bonds is 7. The van der Waals surface area contributed by atoms with Crippen LogP contribution in [0.5, 0.6) is 0 Å². The van der Waals surface area contributed by atoms with Gasteiger partial charge < -0.3 is 19.6 Å². The molecule has 0 aliphatic carbocycles. The van der Waals surface area contributed by atoms with E-state index in [9.17, 15) is 14.7 Å². The molecule has 2 N–H and O–H groups in total. The predicted molar refractivity (Wildman–Crippen MR) is 86.3 cm³/mol. The van der Waals surface area contributed by atoms with Crippen molar-refractivity contribution >= 4 is 20.2 Å². The van der Waals surface area contributed by atoms with Crippen LogP contribution in [0.2, 0.25) is 18.1 Å². The van der Waals surface area contributed by atoms with E-state index in [0.29, 0.717) is 19.6 Å². The van der Waals surface area contributed by atoms with Gasteiger partial charge >= 0.3 is 5.97 Å². The molecule has 0 spiro atoms. The lowest BCUT2D eigenvalue weighted by Crippen LogP contribution is -2.47. The highest BCUT2D eigenvalue weighted by Gasteiger charge is 2.37. The summed E-state index contributed by atoms with van der Waals surface area (Å²) in [5, 5.41) is 11.9. The molecule has 22 heavy (non-hydrogen) atoms. The molecule has 7 heteroatoms. The third-order valence-electron chi connectivity index (χ3n) is 4.51. The van der Waals surface area contributed by atoms with Crippen molar-refractivity contribution in [3.05, 3.63) is 0 Å². The Morgan fingerprint density at radius 3 is 2.50 bits per heavy atom. The summed E-state index contributed by atoms with van der Waals surface area (Å²) in [5.74, 6) is -1.37. The van der Waals surface area contributed by atoms with Crippen LogP contribution in [0.15, 0.2) is 0 Å². The zero-order valence-electron chi connectivity index (χ0n) is 14.3. The minimum atomic E-state index is -1.90. The van der Waals surface area contributed by atoms with E-state index < -0.39 is 26.4 Å². The first-order valence-electron chi connectivity index (χ1n) is 7.83. The third-order valence-corrected chi connectivity index (χ3v) is 9.05. The maximum atomic E-state index is 11.9. The minimum Gasteiger partial charge on any atom is -0.480 e. The van der Waals surface area contributed by atoms with Gasteiger partial charge in [0.1, 0.15) is 12.1 Å². The van der Waals surface area contributed by atoms with E-state index in [1.807, 2.05) is 0 Å². The second-order valence-corrected chi connectivity index (χ2v) is 12.1. The minimum absolute atomic E-state index is 0.0760. The second-order valence-electron chi connectivity index (χ2n) is 7.30. The van der Waals surface area contributed by atoms with Crippen molar-refractivity contribution in [3.8, 4) is 0 Å². The van der Waals surface area contributed by atoms with E-state index in [4.69, 9.17) is 9.16 Å². The molecule has 1 fully saturated rings. The number of hydrogen-bond acceptors (Lipinski definition) is 4. The number of hydrogen-bond donors (Lipinski definition) is 2. The van der Waals surface area contributed by atoms with Gasteiger partial charge in [-0.15, -0.1) is 0 Å². The van der Waals surface area contributed by atoms with Gasteiger partial charge in [-0.2, -0.15) is 0 Å². The fourth-order valence-electron chi connectivity index (χ4n) is 1.95. The molecule has 1 aliphatic heterocycles. The zero-order valence-corrected chi connectivity index (χ0v) is 15.3. The Balaban J connectivity index is 2.48. The van der Waals surface area contributed by atoms with Gasteiger partial charge in [0.15, 0.2) is 8.32 Å². The summed E-state index contributed by atoms with van der Waals surface area (Å²) in [4.78, 5) is 23.3. The molecular formula is C15H29NO5Si. The van der Waals surface area contributed by atoms with Crippen molar-refractivity contribution in [1.82, 2.24) is 5.32 Å². The summed E-state index contributed by atoms with van der Waals surface area (Å²) in [6.07, 6.45) is 1.24. The van der Waals surface area contributed by atoms with Gasteiger partial charge in [-0.1, -0.05) is 20.8 Å². The van der Waals surface area contributed by atoms with Crippen molar-refractivity contribution in [1.29, 1.82) is 0 Å². The zero-order chi connectivity index (χ0) is 17.0. The Hall–Kier alpha value is -0.923. The number of carboxylic acids is 1. The Morgan fingerprint density at radius 2 is 2.05 bits per heavy atom. The number of amides is 1. The largest absolute Gasteiger partial charge is 0.480 e. The second kappa shape index (κ2) is 7.57. The highest BCUT2D eigenvalue weighted by molar-refractivity contribution is 6.74. The van der Waals surface area contributed by atoms with Gasteiger partial charge in [-0.3, -0.25) is 4.79 Å². The Morgan fingerprint density at radius 1 is 1.41 bits per heavy atom. The first kappa shape index (κ1) is 19.1. The molecule has 2 atom stereocenters. The van der Waals surface area contributed by atoms with Crippen molar-refractivity contribution in [2.45, 2.75) is 70.3 Å². The fraction of sp³-hybridized carbons (Fsp3) is 0.867. The maximum Gasteiger partial charge on any atom is 0.326 e. The van der Waals surface area contributed by atoms with E-state index in [2.05, 4.69) is 39.2 Å². The average Bonchev–Trinajstić information content (AvgIpc) is 2.89. The summed E-state index contributed by atoms with van der Waals surface area (Å²) in [6.45, 7) is 11.5. The van der Waals surface area contributed by atoms with Crippen LogP contribution in [0.4, 0.5) is 0 Å². The molecule has 1 rings (SSSR count). The molecule has 0 aromatic rings. The molecule has 0 saturated carbocycles. The van der Waals surface area contributed by atoms with Crippen LogP contribution < -0.4 is 5.32 Å². The van der Waals surface area contributed by atoms with Crippen molar-refractivity contribution < 1.29 is 23.9 Å². The van der Waals surface area contributed by atoms with Crippen LogP contribution in [0, 0.1) is 0 Å². The van der Waals surface area contributed by atoms with Gasteiger partial charge in [-0.25, -0.2) is 4.79 Å². The summed E-state index contributed by atoms with van der Waals surface area (Å²) >= 11 is 0. The van der Waals surface area contributed by atoms with Crippen LogP contribution in [0.25, 0.3) is 0 Å². The summed E-state index contributed by atoms with van der Waals surface area (Å²) in [6, 6.07) is -0.929. The van der Waals surface area contributed by atoms with Gasteiger partial charge in [0.05, 0.1) is 0 Å². The quantitative estimate of drug-likeness (QED) is 0.698. The summed E-state index contributed by atoms with van der Waals surface area (Å²) < 4.78 is 11.2. The SMILES string of the molecule is CC(C)(C)[Si](C)(C)OCC[C@H](NC(=O)[C@H]1CCCO1)C(=O)O. The Bertz CT molecular complexity index is 399. The van der Waals surface area contributed by atoms with Crippen LogP contribution >= 0.6 is 0 Å². The van der Waals surface area contributed by atoms with Gasteiger partial charge in [0.25, 0.3) is 0 Å². The van der Waals surface area contributed by atoms with Gasteiger partial charge in [0.2, 0.25) is 5.91 Å². The molecular weight excluding hydrogens is 302 g/mol. The molecule has 0 aromatic heterocycles. The molecule has 1 heterocycles. The number of ether oxygens (including phenoxy) is 1. The summed E-state index contributed by atoms with van der Waals surface area (Å²) in [7, 11) is -1.90. The molecule has 0 unspecified atom stereocenters. The van der Waals surface area contributed by atoms with Crippen molar-refractivity contribution in [2.24, 2.45) is 0 Å². The van der Waals surface area contributed by atoms with Gasteiger partial charge in [0, 0.05) is 19.6 Å². The fourth-order valence-corrected chi connectivity index (χ4v) is 3.02. The molecule has 6 nitrogen and oxygen atoms in total. The average molecular weight is 331 g/mol. The van der Waals surface area contributed by atoms with E-state index in [0.717, 1.165) is 6.42 Å². The molecule has 0 bridgehead atoms. The molecule has 0 aromatic carbocycles. The van der Waals surface area contributed by atoms with Gasteiger partial charge in [-0.05, 0) is 31.0 Å². The first-order chi connectivity index (χ1) is 10.0. The standard InChI is InChI=1S/C15H29NO5Si/c1-15(2,3)22(4,5)21-10-8-11(14(18)19)16-13(17)12-7-6-9-20-12/h11-12H,6-10H2,1-5H3,(H,16,17)(H,18,19)/t11-,12+/m0/s1. The maximum absolute atomic E-state index is 11.9. The molecule has 0 radical (unpaired) electrons. The van der Waals surface area contributed by atoms with Crippen molar-refractivity contribution in [3.63, 3.8) is 0 Å². The Kier molecular flexibility index (Phi) is 6.58. The van der Waals surface area contributed by atoms with Crippen molar-refractivity contribution in [2.75, 3.05) is 13.2 Å². The number of carbonyl (C=O) groups excluding carboxylic acids is 1. The normalized spacial score (nSPS) is 20.7. The monoisotopic (exact) mass is 331 g/mol. The lowest BCUT2D eigenvalue weighted by Gasteiger charge is -2.36. The lowest BCUT2D eigenvalue weighted by molar-refractivity contribution is -0.144. The van der Waals surface area contributed by atoms with E-state index in [1.165, 1.54) is 0 Å². The van der Waals surface area contributed by atoms with Crippen LogP contribution in [0.3, 0.4) is 0 Å². The lowest BCUT2D eigenvalue weighted by atomic mass is 10.2. The highest BCUT2D eigenvalue weighted by atomic mass is 28.4. The highest BCUT2D eigenvalue weighted by Crippen LogP contribution is 2.36. The topological polar surface area (TPSA) is 84.9 Å². The van der Waals surface area contributed by atoms with E-state index >= 15 is 0 Å². The Labute approximate surface area is 133 Å². The van der Waals surface area contributed by atoms with Crippen LogP contribution in [-0.4, -0.2) is 50.7 Å². The molecule has 1 saturated heterocycles. The number of carboxylic acid groups (broad SMARTS) is 1. The van der Waals surface area contributed by atoms with E-state index in [1.54, 1.807) is 0 Å². The number of carbonyl (C=O) groups is 2. The third kappa shape index (κ3) is 5.37. The number of nitrogens with one attached hydrogen (secondary N) is 1. The van der Waals surface area contributed by atoms with E-state index in [-0.39, 0.29) is 17.4 Å². The molecule has 1 aliphatic rings. The van der Waals surface area contributed by atoms with Crippen LogP contribution in [-0.2, 0) is 18.8 Å². The summed E-state index contributed by atoms with van der Waals surface area (Å²) in [5.41, 5.74) is 0.